The van der Waals surface area contributed by atoms with E-state index in [-0.39, 0.29) is 23.9 Å². The third-order valence-corrected chi connectivity index (χ3v) is 2.01. The second kappa shape index (κ2) is 29.4. The van der Waals surface area contributed by atoms with Crippen molar-refractivity contribution in [3.63, 3.8) is 0 Å². The normalized spacial score (nSPS) is 12.1. The van der Waals surface area contributed by atoms with E-state index >= 15 is 0 Å². The van der Waals surface area contributed by atoms with E-state index in [1.165, 1.54) is 25.3 Å². The Kier molecular flexibility index (Phi) is 38.7. The molecule has 1 aliphatic rings. The number of ether oxygens (including phenoxy) is 1. The predicted molar refractivity (Wildman–Crippen MR) is 101 cm³/mol. The molecule has 0 bridgehead atoms. The molecular weight excluding hydrogens is 395 g/mol. The van der Waals surface area contributed by atoms with Crippen molar-refractivity contribution in [1.29, 1.82) is 0 Å². The molecule has 0 aromatic rings. The maximum absolute atomic E-state index is 10.8. The molecule has 0 aromatic carbocycles. The maximum atomic E-state index is 10.8. The number of hydrazone groups is 1. The van der Waals surface area contributed by atoms with Gasteiger partial charge in [-0.3, -0.25) is 5.43 Å². The van der Waals surface area contributed by atoms with Crippen molar-refractivity contribution in [1.82, 2.24) is 5.43 Å². The molecule has 132 valence electrons. The maximum Gasteiger partial charge on any atom is 0.356 e. The van der Waals surface area contributed by atoms with Gasteiger partial charge in [0, 0.05) is 35.9 Å². The first kappa shape index (κ1) is 30.3. The van der Waals surface area contributed by atoms with Gasteiger partial charge in [-0.15, -0.1) is 5.10 Å². The van der Waals surface area contributed by atoms with Gasteiger partial charge in [-0.2, -0.15) is 0 Å². The van der Waals surface area contributed by atoms with Crippen molar-refractivity contribution < 1.29 is 9.84 Å². The second-order valence-corrected chi connectivity index (χ2v) is 4.19. The minimum absolute atomic E-state index is 0. The summed E-state index contributed by atoms with van der Waals surface area (Å²) in [7, 11) is 0. The van der Waals surface area contributed by atoms with E-state index in [1.807, 2.05) is 0 Å². The molecule has 0 saturated heterocycles. The zero-order valence-corrected chi connectivity index (χ0v) is 18.3. The van der Waals surface area contributed by atoms with E-state index in [4.69, 9.17) is 0 Å². The molecule has 0 saturated carbocycles. The number of unbranched alkanes of at least 4 members (excludes halogenated alkanes) is 3. The van der Waals surface area contributed by atoms with Gasteiger partial charge in [0.05, 0.1) is 6.61 Å². The van der Waals surface area contributed by atoms with Gasteiger partial charge >= 0.3 is 5.95 Å². The third kappa shape index (κ3) is 29.9. The summed E-state index contributed by atoms with van der Waals surface area (Å²) in [5.41, 5.74) is 2.78. The molecule has 0 spiro atoms. The molecule has 4 nitrogen and oxygen atoms in total. The molecule has 23 heavy (non-hydrogen) atoms. The fraction of sp³-hybridized carbons (Fsp3) is 0.611. The van der Waals surface area contributed by atoms with Gasteiger partial charge in [0.2, 0.25) is 0 Å². The van der Waals surface area contributed by atoms with Crippen LogP contribution in [0, 0.1) is 20.8 Å². The molecule has 1 aliphatic heterocycles. The van der Waals surface area contributed by atoms with E-state index < -0.39 is 5.95 Å². The minimum atomic E-state index is -0.392. The third-order valence-electron chi connectivity index (χ3n) is 2.01. The Bertz CT molecular complexity index is 284. The molecule has 1 N–H and O–H groups in total. The summed E-state index contributed by atoms with van der Waals surface area (Å²) >= 11 is 0. The fourth-order valence-electron chi connectivity index (χ4n) is 0.535. The number of nitrogens with zero attached hydrogens (tertiary/aromatic N) is 1. The number of hydrogen-bond donors (Lipinski definition) is 1. The van der Waals surface area contributed by atoms with Crippen molar-refractivity contribution in [3.8, 4) is 0 Å². The van der Waals surface area contributed by atoms with Gasteiger partial charge in [0.25, 0.3) is 0 Å². The van der Waals surface area contributed by atoms with Crippen molar-refractivity contribution in [3.05, 3.63) is 38.5 Å². The summed E-state index contributed by atoms with van der Waals surface area (Å²) in [6.07, 6.45) is 8.28. The van der Waals surface area contributed by atoms with E-state index in [1.54, 1.807) is 6.92 Å². The Balaban J connectivity index is -0.000000118. The van der Waals surface area contributed by atoms with Crippen LogP contribution in [-0.4, -0.2) is 36.4 Å². The molecule has 0 amide bonds. The van der Waals surface area contributed by atoms with Crippen LogP contribution in [0.5, 0.6) is 0 Å². The average Bonchev–Trinajstić information content (AvgIpc) is 3.10. The molecular formula is C18H34N2O2Sn. The standard InChI is InChI=1S/C6H7N2O2.3C4H9.Sn/c1-2-10-6(9)5-3-4-7-8-5;3*1-3-4-2;/h3,8H,2H2,1H3;3*1,3-4H2,2H3;. The van der Waals surface area contributed by atoms with Crippen molar-refractivity contribution in [2.45, 2.75) is 66.2 Å². The van der Waals surface area contributed by atoms with Crippen LogP contribution in [0.4, 0.5) is 0 Å². The SMILES string of the molecule is CCOC([O])=C1C=C=NN1.[CH2]CCC.[CH2]CCC.[CH2]CCC.[Sn]. The Hall–Kier alpha value is -0.611. The molecule has 5 heteroatoms. The van der Waals surface area contributed by atoms with Crippen LogP contribution < -0.4 is 5.43 Å². The topological polar surface area (TPSA) is 53.5 Å². The van der Waals surface area contributed by atoms with Gasteiger partial charge in [-0.25, -0.2) is 5.11 Å². The first-order chi connectivity index (χ1) is 10.6. The molecule has 0 fully saturated rings. The Morgan fingerprint density at radius 1 is 1.09 bits per heavy atom. The van der Waals surface area contributed by atoms with Crippen molar-refractivity contribution >= 4 is 29.8 Å². The fourth-order valence-corrected chi connectivity index (χ4v) is 0.535. The summed E-state index contributed by atoms with van der Waals surface area (Å²) in [6.45, 7) is 19.3. The minimum Gasteiger partial charge on any atom is -0.461 e. The van der Waals surface area contributed by atoms with Crippen LogP contribution in [0.3, 0.4) is 0 Å². The summed E-state index contributed by atoms with van der Waals surface area (Å²) < 4.78 is 4.66. The summed E-state index contributed by atoms with van der Waals surface area (Å²) in [6, 6.07) is 0. The van der Waals surface area contributed by atoms with Crippen LogP contribution in [-0.2, 0) is 9.84 Å². The van der Waals surface area contributed by atoms with Gasteiger partial charge < -0.3 is 4.74 Å². The molecule has 1 rings (SSSR count). The van der Waals surface area contributed by atoms with Gasteiger partial charge in [0.15, 0.2) is 5.70 Å². The van der Waals surface area contributed by atoms with Gasteiger partial charge in [-0.05, 0) is 6.92 Å². The van der Waals surface area contributed by atoms with Crippen LogP contribution in [0.15, 0.2) is 22.8 Å². The van der Waals surface area contributed by atoms with Gasteiger partial charge in [0.1, 0.15) is 0 Å². The van der Waals surface area contributed by atoms with Crippen LogP contribution >= 0.6 is 0 Å². The Morgan fingerprint density at radius 3 is 1.70 bits per heavy atom. The quantitative estimate of drug-likeness (QED) is 0.502. The second-order valence-electron chi connectivity index (χ2n) is 4.19. The number of allylic oxidation sites excluding steroid dienone is 1. The van der Waals surface area contributed by atoms with Crippen LogP contribution in [0.1, 0.15) is 66.2 Å². The zero-order valence-electron chi connectivity index (χ0n) is 15.4. The summed E-state index contributed by atoms with van der Waals surface area (Å²) in [5, 5.41) is 14.3. The summed E-state index contributed by atoms with van der Waals surface area (Å²) in [4.78, 5) is 0. The Morgan fingerprint density at radius 2 is 1.48 bits per heavy atom. The average molecular weight is 429 g/mol. The first-order valence-corrected chi connectivity index (χ1v) is 8.05. The van der Waals surface area contributed by atoms with Crippen molar-refractivity contribution in [2.75, 3.05) is 6.61 Å². The van der Waals surface area contributed by atoms with Crippen LogP contribution in [0.2, 0.25) is 0 Å². The first-order valence-electron chi connectivity index (χ1n) is 8.05. The van der Waals surface area contributed by atoms with E-state index in [9.17, 15) is 5.11 Å². The zero-order chi connectivity index (χ0) is 17.6. The molecule has 0 aliphatic carbocycles. The molecule has 8 radical (unpaired) electrons. The molecule has 0 aromatic heterocycles. The number of hydrogen-bond acceptors (Lipinski definition) is 3. The summed E-state index contributed by atoms with van der Waals surface area (Å²) in [5.74, 6) is 2.07. The van der Waals surface area contributed by atoms with Crippen LogP contribution in [0.25, 0.3) is 0 Å². The van der Waals surface area contributed by atoms with E-state index in [2.05, 4.69) is 62.7 Å². The van der Waals surface area contributed by atoms with Gasteiger partial charge in [-0.1, -0.05) is 80.1 Å². The largest absolute Gasteiger partial charge is 0.461 e. The van der Waals surface area contributed by atoms with Crippen molar-refractivity contribution in [2.24, 2.45) is 5.10 Å². The van der Waals surface area contributed by atoms with E-state index in [0.717, 1.165) is 19.3 Å². The smallest absolute Gasteiger partial charge is 0.356 e. The molecule has 0 unspecified atom stereocenters. The molecule has 0 atom stereocenters. The Labute approximate surface area is 161 Å². The number of rotatable bonds is 5. The van der Waals surface area contributed by atoms with E-state index in [0.29, 0.717) is 12.3 Å². The predicted octanol–water partition coefficient (Wildman–Crippen LogP) is 4.85. The molecule has 1 heterocycles. The monoisotopic (exact) mass is 430 g/mol. The number of nitrogens with one attached hydrogen (secondary N) is 1.